The minimum atomic E-state index is -10.1. The van der Waals surface area contributed by atoms with Crippen LogP contribution >= 0.6 is 0 Å². The first kappa shape index (κ1) is 120. The van der Waals surface area contributed by atoms with E-state index in [1.165, 1.54) is 0 Å². The minimum Gasteiger partial charge on any atom is -0.459 e. The minimum absolute atomic E-state index is 0.667. The molecular weight excluding hydrogens is 2070 g/mol. The van der Waals surface area contributed by atoms with Gasteiger partial charge in [0.25, 0.3) is 0 Å². The average molecular weight is 2090 g/mol. The van der Waals surface area contributed by atoms with Gasteiger partial charge in [-0.25, -0.2) is 14.4 Å². The second-order valence-corrected chi connectivity index (χ2v) is 25.2. The van der Waals surface area contributed by atoms with Crippen molar-refractivity contribution < 1.29 is 347 Å². The van der Waals surface area contributed by atoms with Crippen LogP contribution < -0.4 is 0 Å². The van der Waals surface area contributed by atoms with Crippen molar-refractivity contribution in [3.05, 3.63) is 34.9 Å². The molecule has 0 radical (unpaired) electrons. The third kappa shape index (κ3) is 16.8. The van der Waals surface area contributed by atoms with Crippen molar-refractivity contribution in [2.45, 2.75) is 234 Å². The number of aliphatic hydroxyl groups is 3. The summed E-state index contributed by atoms with van der Waals surface area (Å²) in [5.41, 5.74) is -7.58. The summed E-state index contributed by atoms with van der Waals surface area (Å²) in [5, 5.41) is 29.2. The number of benzene rings is 1. The van der Waals surface area contributed by atoms with Gasteiger partial charge in [0.15, 0.2) is 0 Å². The van der Waals surface area contributed by atoms with Crippen LogP contribution in [0.5, 0.6) is 0 Å². The van der Waals surface area contributed by atoms with Crippen LogP contribution in [0, 0.1) is 0 Å². The normalized spacial score (nSPS) is 17.0. The van der Waals surface area contributed by atoms with Crippen molar-refractivity contribution in [3.63, 3.8) is 0 Å². The molecule has 0 saturated carbocycles. The summed E-state index contributed by atoms with van der Waals surface area (Å²) in [6, 6.07) is -2.49. The highest BCUT2D eigenvalue weighted by atomic mass is 19.5. The second kappa shape index (κ2) is 32.8. The lowest BCUT2D eigenvalue weighted by molar-refractivity contribution is -0.478. The first-order chi connectivity index (χ1) is 55.2. The van der Waals surface area contributed by atoms with Crippen LogP contribution in [0.3, 0.4) is 0 Å². The van der Waals surface area contributed by atoms with Crippen LogP contribution in [0.25, 0.3) is 0 Å². The zero-order chi connectivity index (χ0) is 105. The molecule has 0 saturated heterocycles. The number of carbonyl (C=O) groups excluding carboxylic acids is 3. The Hall–Kier alpha value is -7.32. The Morgan fingerprint density at radius 1 is 0.194 bits per heavy atom. The molecule has 3 N–H and O–H groups in total. The molecule has 9 nitrogen and oxygen atoms in total. The van der Waals surface area contributed by atoms with Crippen LogP contribution in [0.1, 0.15) is 50.3 Å². The zero-order valence-corrected chi connectivity index (χ0v) is 57.1. The van der Waals surface area contributed by atoms with Crippen LogP contribution in [0.4, 0.5) is 303 Å². The third-order valence-electron chi connectivity index (χ3n) is 16.3. The maximum atomic E-state index is 14.8. The number of rotatable bonds is 42. The fourth-order valence-electron chi connectivity index (χ4n) is 8.59. The van der Waals surface area contributed by atoms with Gasteiger partial charge in [-0.05, 0) is 18.2 Å². The Morgan fingerprint density at radius 3 is 0.481 bits per heavy atom. The van der Waals surface area contributed by atoms with Gasteiger partial charge >= 0.3 is 214 Å². The van der Waals surface area contributed by atoms with E-state index < -0.39 is 306 Å². The summed E-state index contributed by atoms with van der Waals surface area (Å²) in [4.78, 5) is 38.9. The van der Waals surface area contributed by atoms with Crippen molar-refractivity contribution in [1.82, 2.24) is 0 Å². The number of halogens is 69. The largest absolute Gasteiger partial charge is 0.460 e. The molecule has 0 aliphatic rings. The molecule has 3 atom stereocenters. The molecule has 0 aliphatic heterocycles. The van der Waals surface area contributed by atoms with Crippen LogP contribution in [-0.2, 0) is 14.2 Å². The first-order valence-corrected chi connectivity index (χ1v) is 29.4. The number of aliphatic hydroxyl groups excluding tert-OH is 3. The van der Waals surface area contributed by atoms with Crippen molar-refractivity contribution in [3.8, 4) is 0 Å². The Bertz CT molecular complexity index is 4130. The molecule has 762 valence electrons. The third-order valence-corrected chi connectivity index (χ3v) is 16.3. The fraction of sp³-hybridized carbons (Fsp3) is 0.824. The summed E-state index contributed by atoms with van der Waals surface area (Å²) in [6.45, 7) is -9.62. The zero-order valence-electron chi connectivity index (χ0n) is 57.1. The van der Waals surface area contributed by atoms with Gasteiger partial charge in [-0.15, -0.1) is 0 Å². The first-order valence-electron chi connectivity index (χ1n) is 29.4. The predicted octanol–water partition coefficient (Wildman–Crippen LogP) is 22.2. The highest BCUT2D eigenvalue weighted by molar-refractivity contribution is 6.05. The molecule has 1 rings (SSSR count). The summed E-state index contributed by atoms with van der Waals surface area (Å²) in [6.07, 6.45) is -52.2. The lowest BCUT2D eigenvalue weighted by atomic mass is 9.84. The molecule has 0 heterocycles. The molecule has 1 aromatic rings. The van der Waals surface area contributed by atoms with Gasteiger partial charge in [-0.3, -0.25) is 0 Å². The summed E-state index contributed by atoms with van der Waals surface area (Å²) < 4.78 is 971. The maximum absolute atomic E-state index is 14.8. The van der Waals surface area contributed by atoms with Crippen molar-refractivity contribution in [2.75, 3.05) is 19.8 Å². The van der Waals surface area contributed by atoms with Crippen LogP contribution in [0.15, 0.2) is 18.2 Å². The van der Waals surface area contributed by atoms with Crippen molar-refractivity contribution in [2.24, 2.45) is 0 Å². The molecule has 0 aliphatic carbocycles. The van der Waals surface area contributed by atoms with E-state index in [0.717, 1.165) is 0 Å². The number of esters is 3. The van der Waals surface area contributed by atoms with Crippen LogP contribution in [0.2, 0.25) is 0 Å². The van der Waals surface area contributed by atoms with Gasteiger partial charge in [0.1, 0.15) is 19.8 Å². The number of carbonyl (C=O) groups is 3. The molecule has 0 aromatic heterocycles. The van der Waals surface area contributed by atoms with E-state index in [1.54, 1.807) is 0 Å². The lowest BCUT2D eigenvalue weighted by Crippen LogP contribution is -2.77. The molecular formula is C51H21F69O9. The highest BCUT2D eigenvalue weighted by Gasteiger charge is 3.03. The fourth-order valence-corrected chi connectivity index (χ4v) is 8.59. The van der Waals surface area contributed by atoms with Crippen molar-refractivity contribution in [1.29, 1.82) is 0 Å². The SMILES string of the molecule is O=C(OCC(O)CC(F)(F)C(F)(F)C(F)(F)C(F)(F)C(F)(F)C(F)(F)C(F)(F)C(F)(F)C(F)(F)C(F)(F)C(F)(F)F)c1ccc(C(=O)OCC(O)CC(F)(F)C(F)(F)C(F)(F)C(F)(F)C(F)(F)C(F)(F)C(F)(F)C(F)(F)C(F)(F)C(F)(F)C(F)(F)F)c(C(=O)OCC(O)CC(F)(F)C(F)(F)C(F)(F)C(F)(F)C(F)(F)C(F)(F)C(F)(F)C(F)(F)C(F)(F)C(F)(F)C(F)(F)F)c1. The maximum Gasteiger partial charge on any atom is 0.460 e. The van der Waals surface area contributed by atoms with Gasteiger partial charge in [-0.1, -0.05) is 0 Å². The molecule has 0 bridgehead atoms. The molecule has 129 heavy (non-hydrogen) atoms. The molecule has 1 aromatic carbocycles. The van der Waals surface area contributed by atoms with E-state index in [2.05, 4.69) is 14.2 Å². The van der Waals surface area contributed by atoms with E-state index >= 15 is 0 Å². The van der Waals surface area contributed by atoms with E-state index in [-0.39, 0.29) is 0 Å². The number of hydrogen-bond donors (Lipinski definition) is 3. The monoisotopic (exact) mass is 2090 g/mol. The van der Waals surface area contributed by atoms with Gasteiger partial charge < -0.3 is 29.5 Å². The van der Waals surface area contributed by atoms with E-state index in [1.807, 2.05) is 0 Å². The molecule has 0 fully saturated rings. The number of ether oxygens (including phenoxy) is 3. The van der Waals surface area contributed by atoms with Gasteiger partial charge in [0.2, 0.25) is 0 Å². The van der Waals surface area contributed by atoms with Crippen molar-refractivity contribution >= 4 is 17.9 Å². The molecule has 3 unspecified atom stereocenters. The van der Waals surface area contributed by atoms with Gasteiger partial charge in [-0.2, -0.15) is 303 Å². The summed E-state index contributed by atoms with van der Waals surface area (Å²) in [5.74, 6) is -295. The standard InChI is InChI=1S/C51H21F69O9/c52-19(53,22(58,59)25(64,65)28(70,71)31(76,77)34(82,83)37(88,89)40(94,95)43(100,101)46(106,107)49(112,113)114)4-11(121)7-127-16(124)10-1-2-14(17(125)128-8-12(122)5-20(54,55)23(60,61)26(66,67)29(72,73)32(78,79)35(84,85)38(90,91)41(96,97)44(102,103)47(108,109)50(115,116)117)15(3-10)18(126)129-9-13(123)6-21(56,57)24(62,63)27(68,69)30(74,75)33(80,81)36(86,87)39(92,93)42(98,99)45(104,105)48(110,111)51(118,119)120/h1-3,11-13,121-123H,4-9H2. The Balaban J connectivity index is 4.25. The summed E-state index contributed by atoms with van der Waals surface area (Å²) in [7, 11) is 0. The van der Waals surface area contributed by atoms with Gasteiger partial charge in [0.05, 0.1) is 35.0 Å². The van der Waals surface area contributed by atoms with E-state index in [9.17, 15) is 333 Å². The molecule has 78 heteroatoms. The van der Waals surface area contributed by atoms with E-state index in [4.69, 9.17) is 0 Å². The second-order valence-electron chi connectivity index (χ2n) is 25.2. The molecule has 0 amide bonds. The smallest absolute Gasteiger partial charge is 0.459 e. The van der Waals surface area contributed by atoms with Crippen LogP contribution in [-0.4, -0.2) is 268 Å². The highest BCUT2D eigenvalue weighted by Crippen LogP contribution is 2.73. The average Bonchev–Trinajstić information content (AvgIpc) is 0.688. The number of alkyl halides is 69. The number of hydrogen-bond acceptors (Lipinski definition) is 9. The predicted molar refractivity (Wildman–Crippen MR) is 256 cm³/mol. The summed E-state index contributed by atoms with van der Waals surface area (Å²) >= 11 is 0. The lowest BCUT2D eigenvalue weighted by Gasteiger charge is -2.45. The Labute approximate surface area is 653 Å². The van der Waals surface area contributed by atoms with E-state index in [0.29, 0.717) is 0 Å². The Morgan fingerprint density at radius 2 is 0.326 bits per heavy atom. The topological polar surface area (TPSA) is 140 Å². The van der Waals surface area contributed by atoms with Gasteiger partial charge in [0, 0.05) is 19.3 Å². The Kier molecular flexibility index (Phi) is 30.4. The quantitative estimate of drug-likeness (QED) is 0.0332. The molecule has 0 spiro atoms.